The molecule has 1 aliphatic rings. The lowest BCUT2D eigenvalue weighted by Crippen LogP contribution is -2.39. The molecule has 0 spiro atoms. The van der Waals surface area contributed by atoms with Gasteiger partial charge in [-0.1, -0.05) is 13.8 Å². The predicted molar refractivity (Wildman–Crippen MR) is 86.5 cm³/mol. The third-order valence-electron chi connectivity index (χ3n) is 4.16. The van der Waals surface area contributed by atoms with Gasteiger partial charge in [0.15, 0.2) is 0 Å². The van der Waals surface area contributed by atoms with Gasteiger partial charge in [-0.15, -0.1) is 11.3 Å². The van der Waals surface area contributed by atoms with Crippen LogP contribution < -0.4 is 10.6 Å². The van der Waals surface area contributed by atoms with Crippen molar-refractivity contribution < 1.29 is 0 Å². The smallest absolute Gasteiger partial charge is 0.223 e. The Morgan fingerprint density at radius 3 is 2.95 bits per heavy atom. The summed E-state index contributed by atoms with van der Waals surface area (Å²) in [4.78, 5) is 13.8. The summed E-state index contributed by atoms with van der Waals surface area (Å²) in [6.07, 6.45) is 6.02. The lowest BCUT2D eigenvalue weighted by molar-refractivity contribution is 0.448. The number of thiophene rings is 1. The van der Waals surface area contributed by atoms with E-state index in [0.717, 1.165) is 30.0 Å². The van der Waals surface area contributed by atoms with Crippen LogP contribution in [0, 0.1) is 0 Å². The lowest BCUT2D eigenvalue weighted by atomic mass is 10.00. The summed E-state index contributed by atoms with van der Waals surface area (Å²) in [5.74, 6) is 1.45. The Bertz CT molecular complexity index is 607. The van der Waals surface area contributed by atoms with E-state index in [-0.39, 0.29) is 0 Å². The number of nitrogens with two attached hydrogens (primary N) is 1. The van der Waals surface area contributed by atoms with Crippen LogP contribution in [-0.2, 0) is 6.42 Å². The number of fused-ring (bicyclic) bond motifs is 1. The van der Waals surface area contributed by atoms with Crippen molar-refractivity contribution in [3.8, 4) is 0 Å². The maximum Gasteiger partial charge on any atom is 0.223 e. The molecule has 2 N–H and O–H groups in total. The molecule has 0 bridgehead atoms. The standard InChI is InChI=1S/C15H22N4S/c1-3-10-7-5-6-8-19(10)13-12-9-11(4-2)20-14(12)18-15(16)17-13/h9-10H,3-8H2,1-2H3,(H2,16,17,18). The molecule has 4 nitrogen and oxygen atoms in total. The molecule has 20 heavy (non-hydrogen) atoms. The molecule has 1 atom stereocenters. The molecule has 2 aromatic rings. The second kappa shape index (κ2) is 5.56. The van der Waals surface area contributed by atoms with E-state index in [4.69, 9.17) is 5.73 Å². The topological polar surface area (TPSA) is 55.0 Å². The van der Waals surface area contributed by atoms with Crippen molar-refractivity contribution in [2.75, 3.05) is 17.2 Å². The van der Waals surface area contributed by atoms with Crippen molar-refractivity contribution >= 4 is 33.3 Å². The zero-order chi connectivity index (χ0) is 14.1. The molecule has 0 amide bonds. The Hall–Kier alpha value is -1.36. The number of rotatable bonds is 3. The Labute approximate surface area is 124 Å². The summed E-state index contributed by atoms with van der Waals surface area (Å²) in [5.41, 5.74) is 5.93. The van der Waals surface area contributed by atoms with E-state index in [0.29, 0.717) is 12.0 Å². The molecule has 0 saturated carbocycles. The van der Waals surface area contributed by atoms with Crippen molar-refractivity contribution in [3.63, 3.8) is 0 Å². The van der Waals surface area contributed by atoms with Crippen LogP contribution in [0.15, 0.2) is 6.07 Å². The number of anilines is 2. The molecule has 1 saturated heterocycles. The highest BCUT2D eigenvalue weighted by molar-refractivity contribution is 7.18. The Morgan fingerprint density at radius 2 is 2.20 bits per heavy atom. The molecule has 108 valence electrons. The molecule has 5 heteroatoms. The van der Waals surface area contributed by atoms with Crippen LogP contribution in [0.3, 0.4) is 0 Å². The van der Waals surface area contributed by atoms with E-state index in [1.54, 1.807) is 11.3 Å². The first-order chi connectivity index (χ1) is 9.72. The normalized spacial score (nSPS) is 19.7. The Balaban J connectivity index is 2.11. The first-order valence-corrected chi connectivity index (χ1v) is 8.37. The van der Waals surface area contributed by atoms with Crippen molar-refractivity contribution in [2.24, 2.45) is 0 Å². The molecule has 1 fully saturated rings. The Morgan fingerprint density at radius 1 is 1.35 bits per heavy atom. The van der Waals surface area contributed by atoms with Crippen molar-refractivity contribution in [3.05, 3.63) is 10.9 Å². The minimum Gasteiger partial charge on any atom is -0.368 e. The molecular formula is C15H22N4S. The van der Waals surface area contributed by atoms with E-state index < -0.39 is 0 Å². The summed E-state index contributed by atoms with van der Waals surface area (Å²) in [6.45, 7) is 5.52. The fraction of sp³-hybridized carbons (Fsp3) is 0.600. The quantitative estimate of drug-likeness (QED) is 0.938. The number of aryl methyl sites for hydroxylation is 1. The fourth-order valence-electron chi connectivity index (χ4n) is 3.07. The molecular weight excluding hydrogens is 268 g/mol. The molecule has 1 aliphatic heterocycles. The average Bonchev–Trinajstić information content (AvgIpc) is 2.89. The van der Waals surface area contributed by atoms with Gasteiger partial charge in [-0.25, -0.2) is 4.98 Å². The molecule has 0 aliphatic carbocycles. The van der Waals surface area contributed by atoms with Gasteiger partial charge in [-0.3, -0.25) is 0 Å². The number of nitrogen functional groups attached to an aromatic ring is 1. The maximum absolute atomic E-state index is 5.93. The second-order valence-electron chi connectivity index (χ2n) is 5.44. The van der Waals surface area contributed by atoms with Gasteiger partial charge in [-0.05, 0) is 38.2 Å². The molecule has 2 aromatic heterocycles. The van der Waals surface area contributed by atoms with Crippen LogP contribution in [0.4, 0.5) is 11.8 Å². The van der Waals surface area contributed by atoms with E-state index in [9.17, 15) is 0 Å². The first-order valence-electron chi connectivity index (χ1n) is 7.55. The lowest BCUT2D eigenvalue weighted by Gasteiger charge is -2.36. The molecule has 3 heterocycles. The van der Waals surface area contributed by atoms with Gasteiger partial charge in [0.05, 0.1) is 5.39 Å². The predicted octanol–water partition coefficient (Wildman–Crippen LogP) is 3.60. The van der Waals surface area contributed by atoms with Crippen molar-refractivity contribution in [2.45, 2.75) is 52.0 Å². The summed E-state index contributed by atoms with van der Waals surface area (Å²) >= 11 is 1.74. The number of nitrogens with zero attached hydrogens (tertiary/aromatic N) is 3. The summed E-state index contributed by atoms with van der Waals surface area (Å²) < 4.78 is 0. The maximum atomic E-state index is 5.93. The highest BCUT2D eigenvalue weighted by Gasteiger charge is 2.25. The Kier molecular flexibility index (Phi) is 3.78. The number of piperidine rings is 1. The first kappa shape index (κ1) is 13.6. The monoisotopic (exact) mass is 290 g/mol. The van der Waals surface area contributed by atoms with E-state index in [1.807, 2.05) is 0 Å². The third-order valence-corrected chi connectivity index (χ3v) is 5.33. The van der Waals surface area contributed by atoms with E-state index >= 15 is 0 Å². The highest BCUT2D eigenvalue weighted by Crippen LogP contribution is 2.35. The number of hydrogen-bond donors (Lipinski definition) is 1. The van der Waals surface area contributed by atoms with Crippen LogP contribution in [0.5, 0.6) is 0 Å². The SMILES string of the molecule is CCc1cc2c(N3CCCCC3CC)nc(N)nc2s1. The summed E-state index contributed by atoms with van der Waals surface area (Å²) in [5, 5.41) is 1.18. The van der Waals surface area contributed by atoms with Crippen molar-refractivity contribution in [1.29, 1.82) is 0 Å². The minimum absolute atomic E-state index is 0.400. The van der Waals surface area contributed by atoms with Gasteiger partial charge in [0.2, 0.25) is 5.95 Å². The third kappa shape index (κ3) is 2.35. The largest absolute Gasteiger partial charge is 0.368 e. The fourth-order valence-corrected chi connectivity index (χ4v) is 4.04. The van der Waals surface area contributed by atoms with Gasteiger partial charge in [0.1, 0.15) is 10.6 Å². The zero-order valence-electron chi connectivity index (χ0n) is 12.2. The highest BCUT2D eigenvalue weighted by atomic mass is 32.1. The van der Waals surface area contributed by atoms with E-state index in [1.165, 1.54) is 29.5 Å². The summed E-state index contributed by atoms with van der Waals surface area (Å²) in [6, 6.07) is 2.84. The zero-order valence-corrected chi connectivity index (χ0v) is 13.0. The van der Waals surface area contributed by atoms with Gasteiger partial charge in [-0.2, -0.15) is 4.98 Å². The summed E-state index contributed by atoms with van der Waals surface area (Å²) in [7, 11) is 0. The number of aromatic nitrogens is 2. The van der Waals surface area contributed by atoms with Crippen molar-refractivity contribution in [1.82, 2.24) is 9.97 Å². The molecule has 1 unspecified atom stereocenters. The van der Waals surface area contributed by atoms with Gasteiger partial charge in [0.25, 0.3) is 0 Å². The molecule has 0 aromatic carbocycles. The van der Waals surface area contributed by atoms with Crippen LogP contribution in [-0.4, -0.2) is 22.6 Å². The number of hydrogen-bond acceptors (Lipinski definition) is 5. The van der Waals surface area contributed by atoms with Gasteiger partial charge < -0.3 is 10.6 Å². The van der Waals surface area contributed by atoms with Gasteiger partial charge in [0, 0.05) is 17.5 Å². The van der Waals surface area contributed by atoms with Crippen LogP contribution >= 0.6 is 11.3 Å². The minimum atomic E-state index is 0.400. The van der Waals surface area contributed by atoms with Crippen LogP contribution in [0.1, 0.15) is 44.4 Å². The van der Waals surface area contributed by atoms with E-state index in [2.05, 4.69) is 34.8 Å². The van der Waals surface area contributed by atoms with Gasteiger partial charge >= 0.3 is 0 Å². The second-order valence-corrected chi connectivity index (χ2v) is 6.56. The van der Waals surface area contributed by atoms with Crippen LogP contribution in [0.25, 0.3) is 10.2 Å². The van der Waals surface area contributed by atoms with Crippen LogP contribution in [0.2, 0.25) is 0 Å². The average molecular weight is 290 g/mol. The molecule has 0 radical (unpaired) electrons. The molecule has 3 rings (SSSR count).